The lowest BCUT2D eigenvalue weighted by molar-refractivity contribution is 0.237. The molecule has 4 rings (SSSR count). The molecular weight excluding hydrogens is 400 g/mol. The van der Waals surface area contributed by atoms with Crippen LogP contribution < -0.4 is 20.4 Å². The molecule has 8 heteroatoms. The van der Waals surface area contributed by atoms with Gasteiger partial charge in [-0.2, -0.15) is 0 Å². The van der Waals surface area contributed by atoms with Gasteiger partial charge < -0.3 is 20.4 Å². The van der Waals surface area contributed by atoms with Crippen LogP contribution in [0, 0.1) is 11.6 Å². The molecule has 1 atom stereocenters. The Labute approximate surface area is 181 Å². The zero-order chi connectivity index (χ0) is 21.6. The summed E-state index contributed by atoms with van der Waals surface area (Å²) in [6.45, 7) is 3.56. The normalized spacial score (nSPS) is 19.2. The molecule has 1 aromatic heterocycles. The first-order valence-electron chi connectivity index (χ1n) is 11.0. The van der Waals surface area contributed by atoms with Crippen molar-refractivity contribution in [1.29, 1.82) is 0 Å². The van der Waals surface area contributed by atoms with Gasteiger partial charge in [-0.3, -0.25) is 0 Å². The molecule has 0 bridgehead atoms. The molecule has 166 valence electrons. The van der Waals surface area contributed by atoms with Gasteiger partial charge in [-0.25, -0.2) is 18.6 Å². The molecule has 2 saturated heterocycles. The Morgan fingerprint density at radius 2 is 1.84 bits per heavy atom. The van der Waals surface area contributed by atoms with Crippen molar-refractivity contribution in [3.05, 3.63) is 53.7 Å². The fraction of sp³-hybridized carbons (Fsp3) is 0.478. The summed E-state index contributed by atoms with van der Waals surface area (Å²) >= 11 is 0. The number of benzene rings is 1. The molecule has 2 N–H and O–H groups in total. The second kappa shape index (κ2) is 9.94. The van der Waals surface area contributed by atoms with Gasteiger partial charge in [-0.1, -0.05) is 12.8 Å². The monoisotopic (exact) mass is 429 g/mol. The van der Waals surface area contributed by atoms with Crippen molar-refractivity contribution < 1.29 is 13.6 Å². The maximum Gasteiger partial charge on any atom is 0.315 e. The van der Waals surface area contributed by atoms with Crippen molar-refractivity contribution >= 4 is 17.5 Å². The number of carbonyl (C=O) groups excluding carboxylic acids is 1. The van der Waals surface area contributed by atoms with E-state index in [9.17, 15) is 13.6 Å². The molecule has 2 fully saturated rings. The Morgan fingerprint density at radius 3 is 2.61 bits per heavy atom. The van der Waals surface area contributed by atoms with Gasteiger partial charge in [0.1, 0.15) is 17.5 Å². The number of hydrogen-bond acceptors (Lipinski definition) is 4. The van der Waals surface area contributed by atoms with Gasteiger partial charge in [0.2, 0.25) is 0 Å². The number of pyridine rings is 1. The smallest absolute Gasteiger partial charge is 0.315 e. The predicted octanol–water partition coefficient (Wildman–Crippen LogP) is 3.82. The lowest BCUT2D eigenvalue weighted by Gasteiger charge is -2.22. The second-order valence-corrected chi connectivity index (χ2v) is 8.28. The SMILES string of the molecule is O=C(NCc1ccnc(N2CCCCCC2)c1)NC1CCN(c2ccc(F)cc2F)C1. The van der Waals surface area contributed by atoms with Crippen LogP contribution in [0.25, 0.3) is 0 Å². The Bertz CT molecular complexity index is 901. The molecular formula is C23H29F2N5O. The maximum atomic E-state index is 14.0. The van der Waals surface area contributed by atoms with E-state index in [1.165, 1.54) is 37.8 Å². The average Bonchev–Trinajstić information content (AvgIpc) is 3.04. The summed E-state index contributed by atoms with van der Waals surface area (Å²) in [6, 6.07) is 7.20. The highest BCUT2D eigenvalue weighted by molar-refractivity contribution is 5.74. The van der Waals surface area contributed by atoms with E-state index in [0.29, 0.717) is 31.7 Å². The molecule has 0 saturated carbocycles. The largest absolute Gasteiger partial charge is 0.367 e. The van der Waals surface area contributed by atoms with Crippen molar-refractivity contribution in [2.75, 3.05) is 36.0 Å². The highest BCUT2D eigenvalue weighted by Gasteiger charge is 2.26. The van der Waals surface area contributed by atoms with E-state index in [1.54, 1.807) is 6.20 Å². The number of nitrogens with one attached hydrogen (secondary N) is 2. The third-order valence-corrected chi connectivity index (χ3v) is 5.97. The highest BCUT2D eigenvalue weighted by Crippen LogP contribution is 2.24. The fourth-order valence-electron chi connectivity index (χ4n) is 4.30. The molecule has 31 heavy (non-hydrogen) atoms. The van der Waals surface area contributed by atoms with E-state index in [4.69, 9.17) is 0 Å². The number of hydrogen-bond donors (Lipinski definition) is 2. The first kappa shape index (κ1) is 21.3. The third kappa shape index (κ3) is 5.62. The Kier molecular flexibility index (Phi) is 6.84. The predicted molar refractivity (Wildman–Crippen MR) is 117 cm³/mol. The number of nitrogens with zero attached hydrogens (tertiary/aromatic N) is 3. The van der Waals surface area contributed by atoms with Gasteiger partial charge in [0, 0.05) is 51.0 Å². The van der Waals surface area contributed by atoms with Crippen LogP contribution in [0.2, 0.25) is 0 Å². The van der Waals surface area contributed by atoms with E-state index < -0.39 is 11.6 Å². The van der Waals surface area contributed by atoms with Crippen molar-refractivity contribution in [3.8, 4) is 0 Å². The quantitative estimate of drug-likeness (QED) is 0.759. The van der Waals surface area contributed by atoms with E-state index in [1.807, 2.05) is 17.0 Å². The summed E-state index contributed by atoms with van der Waals surface area (Å²) in [5.74, 6) is -0.206. The molecule has 3 heterocycles. The van der Waals surface area contributed by atoms with Gasteiger partial charge in [-0.05, 0) is 49.1 Å². The zero-order valence-corrected chi connectivity index (χ0v) is 17.6. The first-order chi connectivity index (χ1) is 15.1. The van der Waals surface area contributed by atoms with Crippen molar-refractivity contribution in [3.63, 3.8) is 0 Å². The van der Waals surface area contributed by atoms with Crippen LogP contribution in [0.5, 0.6) is 0 Å². The molecule has 2 aliphatic rings. The molecule has 1 aromatic carbocycles. The summed E-state index contributed by atoms with van der Waals surface area (Å²) < 4.78 is 27.1. The maximum absolute atomic E-state index is 14.0. The second-order valence-electron chi connectivity index (χ2n) is 8.28. The van der Waals surface area contributed by atoms with Crippen LogP contribution in [-0.2, 0) is 6.54 Å². The molecule has 2 aliphatic heterocycles. The summed E-state index contributed by atoms with van der Waals surface area (Å²) in [5.41, 5.74) is 1.37. The van der Waals surface area contributed by atoms with Crippen molar-refractivity contribution in [1.82, 2.24) is 15.6 Å². The van der Waals surface area contributed by atoms with Gasteiger partial charge in [-0.15, -0.1) is 0 Å². The lowest BCUT2D eigenvalue weighted by Crippen LogP contribution is -2.43. The average molecular weight is 430 g/mol. The Balaban J connectivity index is 1.26. The van der Waals surface area contributed by atoms with Crippen LogP contribution in [0.4, 0.5) is 25.1 Å². The minimum Gasteiger partial charge on any atom is -0.367 e. The van der Waals surface area contributed by atoms with E-state index >= 15 is 0 Å². The van der Waals surface area contributed by atoms with Crippen LogP contribution in [-0.4, -0.2) is 43.2 Å². The first-order valence-corrected chi connectivity index (χ1v) is 11.0. The van der Waals surface area contributed by atoms with Gasteiger partial charge in [0.25, 0.3) is 0 Å². The fourth-order valence-corrected chi connectivity index (χ4v) is 4.30. The van der Waals surface area contributed by atoms with Crippen molar-refractivity contribution in [2.24, 2.45) is 0 Å². The number of amides is 2. The minimum atomic E-state index is -0.593. The molecule has 2 amide bonds. The van der Waals surface area contributed by atoms with Crippen LogP contribution in [0.3, 0.4) is 0 Å². The van der Waals surface area contributed by atoms with Gasteiger partial charge in [0.05, 0.1) is 5.69 Å². The van der Waals surface area contributed by atoms with Crippen LogP contribution in [0.1, 0.15) is 37.7 Å². The minimum absolute atomic E-state index is 0.0884. The molecule has 1 unspecified atom stereocenters. The molecule has 6 nitrogen and oxygen atoms in total. The topological polar surface area (TPSA) is 60.5 Å². The summed E-state index contributed by atoms with van der Waals surface area (Å²) in [7, 11) is 0. The molecule has 0 spiro atoms. The third-order valence-electron chi connectivity index (χ3n) is 5.97. The lowest BCUT2D eigenvalue weighted by atomic mass is 10.2. The number of urea groups is 1. The van der Waals surface area contributed by atoms with E-state index in [2.05, 4.69) is 20.5 Å². The van der Waals surface area contributed by atoms with Gasteiger partial charge >= 0.3 is 6.03 Å². The molecule has 2 aromatic rings. The van der Waals surface area contributed by atoms with E-state index in [-0.39, 0.29) is 12.1 Å². The number of rotatable bonds is 5. The van der Waals surface area contributed by atoms with Gasteiger partial charge in [0.15, 0.2) is 0 Å². The summed E-state index contributed by atoms with van der Waals surface area (Å²) in [4.78, 5) is 21.0. The Hall–Kier alpha value is -2.90. The number of aromatic nitrogens is 1. The highest BCUT2D eigenvalue weighted by atomic mass is 19.1. The van der Waals surface area contributed by atoms with Crippen LogP contribution >= 0.6 is 0 Å². The van der Waals surface area contributed by atoms with Crippen LogP contribution in [0.15, 0.2) is 36.5 Å². The van der Waals surface area contributed by atoms with Crippen molar-refractivity contribution in [2.45, 2.75) is 44.7 Å². The molecule has 0 radical (unpaired) electrons. The molecule has 0 aliphatic carbocycles. The number of halogens is 2. The summed E-state index contributed by atoms with van der Waals surface area (Å²) in [5, 5.41) is 5.85. The van der Waals surface area contributed by atoms with E-state index in [0.717, 1.165) is 30.5 Å². The summed E-state index contributed by atoms with van der Waals surface area (Å²) in [6.07, 6.45) is 7.41. The number of anilines is 2. The zero-order valence-electron chi connectivity index (χ0n) is 17.6. The Morgan fingerprint density at radius 1 is 1.03 bits per heavy atom. The number of carbonyl (C=O) groups is 1. The standard InChI is InChI=1S/C23H29F2N5O/c24-18-5-6-21(20(25)14-18)30-12-8-19(16-30)28-23(31)27-15-17-7-9-26-22(13-17)29-10-3-1-2-4-11-29/h5-7,9,13-14,19H,1-4,8,10-12,15-16H2,(H2,27,28,31).